The van der Waals surface area contributed by atoms with E-state index >= 15 is 0 Å². The lowest BCUT2D eigenvalue weighted by Crippen LogP contribution is -2.15. The normalized spacial score (nSPS) is 16.4. The lowest BCUT2D eigenvalue weighted by Gasteiger charge is -2.21. The van der Waals surface area contributed by atoms with Gasteiger partial charge in [-0.25, -0.2) is 0 Å². The molecule has 2 nitrogen and oxygen atoms in total. The molecule has 18 heavy (non-hydrogen) atoms. The average molecular weight is 243 g/mol. The highest BCUT2D eigenvalue weighted by Crippen LogP contribution is 2.43. The second kappa shape index (κ2) is 3.99. The van der Waals surface area contributed by atoms with E-state index in [0.29, 0.717) is 6.61 Å². The van der Waals surface area contributed by atoms with Crippen molar-refractivity contribution in [2.24, 2.45) is 0 Å². The Labute approximate surface area is 109 Å². The van der Waals surface area contributed by atoms with Crippen LogP contribution < -0.4 is 5.73 Å². The first kappa shape index (κ1) is 12.9. The van der Waals surface area contributed by atoms with Crippen LogP contribution >= 0.6 is 0 Å². The molecule has 0 bridgehead atoms. The molecule has 1 aromatic rings. The first-order chi connectivity index (χ1) is 8.25. The Kier molecular flexibility index (Phi) is 2.86. The Morgan fingerprint density at radius 1 is 1.28 bits per heavy atom. The number of benzene rings is 1. The molecule has 0 unspecified atom stereocenters. The number of allylic oxidation sites excluding steroid dienone is 2. The molecular weight excluding hydrogens is 222 g/mol. The molecule has 0 saturated carbocycles. The number of hydrogen-bond acceptors (Lipinski definition) is 2. The van der Waals surface area contributed by atoms with Crippen LogP contribution in [0.15, 0.2) is 19.2 Å². The number of nitrogen functional groups attached to an aromatic ring is 1. The number of rotatable bonds is 2. The van der Waals surface area contributed by atoms with Crippen LogP contribution in [-0.4, -0.2) is 0 Å². The van der Waals surface area contributed by atoms with E-state index in [1.165, 1.54) is 11.1 Å². The van der Waals surface area contributed by atoms with Gasteiger partial charge in [0.05, 0.1) is 12.2 Å². The van der Waals surface area contributed by atoms with Gasteiger partial charge >= 0.3 is 0 Å². The van der Waals surface area contributed by atoms with Gasteiger partial charge in [0.15, 0.2) is 0 Å². The van der Waals surface area contributed by atoms with Crippen molar-refractivity contribution in [1.82, 2.24) is 0 Å². The minimum Gasteiger partial charge on any atom is -0.398 e. The van der Waals surface area contributed by atoms with E-state index < -0.39 is 0 Å². The molecule has 0 fully saturated rings. The maximum Gasteiger partial charge on any atom is 0.0883 e. The number of fused-ring (bicyclic) bond motifs is 1. The van der Waals surface area contributed by atoms with E-state index in [-0.39, 0.29) is 5.60 Å². The molecule has 0 spiro atoms. The molecule has 0 amide bonds. The molecule has 96 valence electrons. The number of ether oxygens (including phenoxy) is 1. The Balaban J connectivity index is 2.83. The third-order valence-corrected chi connectivity index (χ3v) is 3.59. The molecular formula is C16H21NO. The van der Waals surface area contributed by atoms with Gasteiger partial charge in [-0.1, -0.05) is 13.2 Å². The molecule has 0 aromatic heterocycles. The van der Waals surface area contributed by atoms with E-state index in [1.54, 1.807) is 0 Å². The van der Waals surface area contributed by atoms with E-state index in [0.717, 1.165) is 28.0 Å². The maximum absolute atomic E-state index is 6.27. The van der Waals surface area contributed by atoms with Crippen LogP contribution in [0.1, 0.15) is 49.9 Å². The quantitative estimate of drug-likeness (QED) is 0.794. The van der Waals surface area contributed by atoms with Crippen LogP contribution in [-0.2, 0) is 16.9 Å². The van der Waals surface area contributed by atoms with Gasteiger partial charge in [0, 0.05) is 16.8 Å². The van der Waals surface area contributed by atoms with Crippen molar-refractivity contribution in [2.45, 2.75) is 39.9 Å². The predicted molar refractivity (Wildman–Crippen MR) is 78.1 cm³/mol. The molecule has 0 saturated heterocycles. The molecule has 1 aliphatic rings. The SMILES string of the molecule is C=C(C)c1cc2c(c(C(=C)C)c1N)COC2(C)C. The molecule has 1 heterocycles. The van der Waals surface area contributed by atoms with Crippen LogP contribution in [0.5, 0.6) is 0 Å². The van der Waals surface area contributed by atoms with Crippen molar-refractivity contribution < 1.29 is 4.74 Å². The molecule has 2 rings (SSSR count). The van der Waals surface area contributed by atoms with Crippen LogP contribution in [0.2, 0.25) is 0 Å². The third-order valence-electron chi connectivity index (χ3n) is 3.59. The average Bonchev–Trinajstić information content (AvgIpc) is 2.52. The molecule has 2 N–H and O–H groups in total. The topological polar surface area (TPSA) is 35.2 Å². The predicted octanol–water partition coefficient (Wildman–Crippen LogP) is 4.10. The molecule has 2 heteroatoms. The summed E-state index contributed by atoms with van der Waals surface area (Å²) in [5.41, 5.74) is 13.1. The largest absolute Gasteiger partial charge is 0.398 e. The minimum absolute atomic E-state index is 0.266. The Morgan fingerprint density at radius 2 is 1.89 bits per heavy atom. The van der Waals surface area contributed by atoms with Crippen molar-refractivity contribution >= 4 is 16.8 Å². The van der Waals surface area contributed by atoms with Crippen molar-refractivity contribution in [3.05, 3.63) is 41.5 Å². The van der Waals surface area contributed by atoms with Crippen LogP contribution in [0.3, 0.4) is 0 Å². The number of nitrogens with two attached hydrogens (primary N) is 1. The smallest absolute Gasteiger partial charge is 0.0883 e. The minimum atomic E-state index is -0.266. The zero-order valence-electron chi connectivity index (χ0n) is 11.7. The second-order valence-electron chi connectivity index (χ2n) is 5.60. The summed E-state index contributed by atoms with van der Waals surface area (Å²) >= 11 is 0. The zero-order valence-corrected chi connectivity index (χ0v) is 11.7. The van der Waals surface area contributed by atoms with Crippen molar-refractivity contribution in [1.29, 1.82) is 0 Å². The lowest BCUT2D eigenvalue weighted by molar-refractivity contribution is -0.00792. The summed E-state index contributed by atoms with van der Waals surface area (Å²) in [5.74, 6) is 0. The van der Waals surface area contributed by atoms with Crippen LogP contribution in [0, 0.1) is 0 Å². The summed E-state index contributed by atoms with van der Waals surface area (Å²) in [7, 11) is 0. The van der Waals surface area contributed by atoms with Crippen molar-refractivity contribution in [3.8, 4) is 0 Å². The summed E-state index contributed by atoms with van der Waals surface area (Å²) in [6.45, 7) is 16.8. The van der Waals surface area contributed by atoms with Gasteiger partial charge in [0.2, 0.25) is 0 Å². The van der Waals surface area contributed by atoms with E-state index in [9.17, 15) is 0 Å². The van der Waals surface area contributed by atoms with Gasteiger partial charge in [0.1, 0.15) is 0 Å². The molecule has 0 atom stereocenters. The van der Waals surface area contributed by atoms with Crippen LogP contribution in [0.4, 0.5) is 5.69 Å². The number of hydrogen-bond donors (Lipinski definition) is 1. The van der Waals surface area contributed by atoms with Gasteiger partial charge in [-0.3, -0.25) is 0 Å². The molecule has 0 radical (unpaired) electrons. The van der Waals surface area contributed by atoms with E-state index in [2.05, 4.69) is 33.1 Å². The van der Waals surface area contributed by atoms with Gasteiger partial charge in [-0.15, -0.1) is 0 Å². The summed E-state index contributed by atoms with van der Waals surface area (Å²) in [4.78, 5) is 0. The maximum atomic E-state index is 6.27. The van der Waals surface area contributed by atoms with Crippen LogP contribution in [0.25, 0.3) is 11.1 Å². The monoisotopic (exact) mass is 243 g/mol. The molecule has 1 aliphatic heterocycles. The third kappa shape index (κ3) is 1.77. The summed E-state index contributed by atoms with van der Waals surface area (Å²) in [5, 5.41) is 0. The highest BCUT2D eigenvalue weighted by molar-refractivity contribution is 5.85. The summed E-state index contributed by atoms with van der Waals surface area (Å²) < 4.78 is 5.86. The lowest BCUT2D eigenvalue weighted by atomic mass is 9.86. The fraction of sp³-hybridized carbons (Fsp3) is 0.375. The fourth-order valence-corrected chi connectivity index (χ4v) is 2.60. The van der Waals surface area contributed by atoms with Crippen molar-refractivity contribution in [3.63, 3.8) is 0 Å². The first-order valence-electron chi connectivity index (χ1n) is 6.17. The fourth-order valence-electron chi connectivity index (χ4n) is 2.60. The zero-order chi connectivity index (χ0) is 13.7. The van der Waals surface area contributed by atoms with Gasteiger partial charge < -0.3 is 10.5 Å². The van der Waals surface area contributed by atoms with Gasteiger partial charge in [-0.2, -0.15) is 0 Å². The summed E-state index contributed by atoms with van der Waals surface area (Å²) in [6, 6.07) is 2.12. The second-order valence-corrected chi connectivity index (χ2v) is 5.60. The Morgan fingerprint density at radius 3 is 2.39 bits per heavy atom. The Bertz CT molecular complexity index is 553. The first-order valence-corrected chi connectivity index (χ1v) is 6.17. The molecule has 0 aliphatic carbocycles. The van der Waals surface area contributed by atoms with E-state index in [4.69, 9.17) is 10.5 Å². The highest BCUT2D eigenvalue weighted by Gasteiger charge is 2.34. The highest BCUT2D eigenvalue weighted by atomic mass is 16.5. The Hall–Kier alpha value is -1.54. The standard InChI is InChI=1S/C16H21NO/c1-9(2)11-7-13-12(8-18-16(13,5)6)14(10(3)4)15(11)17/h7H,1,3,8,17H2,2,4-6H3. The van der Waals surface area contributed by atoms with E-state index in [1.807, 2.05) is 13.8 Å². The summed E-state index contributed by atoms with van der Waals surface area (Å²) in [6.07, 6.45) is 0. The van der Waals surface area contributed by atoms with Gasteiger partial charge in [0.25, 0.3) is 0 Å². The van der Waals surface area contributed by atoms with Gasteiger partial charge in [-0.05, 0) is 56.0 Å². The number of anilines is 1. The van der Waals surface area contributed by atoms with Crippen molar-refractivity contribution in [2.75, 3.05) is 5.73 Å². The molecule has 1 aromatic carbocycles.